The first-order valence-electron chi connectivity index (χ1n) is 10.3. The number of aliphatic hydroxyl groups excluding tert-OH is 1. The molecule has 1 aliphatic carbocycles. The Balaban J connectivity index is 1.74. The molecule has 0 saturated carbocycles. The summed E-state index contributed by atoms with van der Waals surface area (Å²) in [6, 6.07) is 8.45. The molecule has 0 bridgehead atoms. The summed E-state index contributed by atoms with van der Waals surface area (Å²) in [5.74, 6) is 1.40. The van der Waals surface area contributed by atoms with Crippen molar-refractivity contribution >= 4 is 33.3 Å². The second kappa shape index (κ2) is 11.5. The number of ether oxygens (including phenoxy) is 1. The molecule has 30 heavy (non-hydrogen) atoms. The topological polar surface area (TPSA) is 75.8 Å². The van der Waals surface area contributed by atoms with Crippen LogP contribution in [0.2, 0.25) is 0 Å². The SMILES string of the molecule is C/C=C\C1=C(N)C(=C2\CCN(C(=O)OCCSSCCO)C2)/c2ccccc2CC1. The molecular formula is C23H30N2O3S2. The predicted octanol–water partition coefficient (Wildman–Crippen LogP) is 4.39. The van der Waals surface area contributed by atoms with E-state index in [1.54, 1.807) is 26.5 Å². The van der Waals surface area contributed by atoms with Crippen molar-refractivity contribution in [3.8, 4) is 0 Å². The normalized spacial score (nSPS) is 19.3. The molecule has 1 heterocycles. The van der Waals surface area contributed by atoms with E-state index in [0.717, 1.165) is 36.1 Å². The number of hydrogen-bond donors (Lipinski definition) is 2. The van der Waals surface area contributed by atoms with Gasteiger partial charge in [0.05, 0.1) is 6.61 Å². The summed E-state index contributed by atoms with van der Waals surface area (Å²) in [6.07, 6.45) is 6.57. The van der Waals surface area contributed by atoms with Crippen molar-refractivity contribution in [3.63, 3.8) is 0 Å². The maximum absolute atomic E-state index is 12.5. The van der Waals surface area contributed by atoms with Gasteiger partial charge in [0.15, 0.2) is 0 Å². The van der Waals surface area contributed by atoms with Crippen LogP contribution in [0.1, 0.15) is 30.9 Å². The molecule has 0 radical (unpaired) electrons. The third-order valence-electron chi connectivity index (χ3n) is 5.26. The van der Waals surface area contributed by atoms with Crippen molar-refractivity contribution in [1.82, 2.24) is 4.90 Å². The molecule has 0 unspecified atom stereocenters. The minimum Gasteiger partial charge on any atom is -0.448 e. The van der Waals surface area contributed by atoms with Crippen LogP contribution in [0.4, 0.5) is 4.79 Å². The molecule has 0 atom stereocenters. The van der Waals surface area contributed by atoms with Crippen LogP contribution in [-0.2, 0) is 11.2 Å². The molecule has 162 valence electrons. The molecule has 5 nitrogen and oxygen atoms in total. The van der Waals surface area contributed by atoms with E-state index < -0.39 is 0 Å². The lowest BCUT2D eigenvalue weighted by atomic mass is 9.93. The Bertz CT molecular complexity index is 849. The van der Waals surface area contributed by atoms with Gasteiger partial charge < -0.3 is 20.5 Å². The van der Waals surface area contributed by atoms with Crippen molar-refractivity contribution in [2.75, 3.05) is 37.8 Å². The zero-order chi connectivity index (χ0) is 21.3. The fraction of sp³-hybridized carbons (Fsp3) is 0.435. The maximum Gasteiger partial charge on any atom is 0.410 e. The van der Waals surface area contributed by atoms with Gasteiger partial charge in [0.25, 0.3) is 0 Å². The molecule has 1 saturated heterocycles. The number of aliphatic hydroxyl groups is 1. The average molecular weight is 447 g/mol. The zero-order valence-corrected chi connectivity index (χ0v) is 19.1. The van der Waals surface area contributed by atoms with Crippen LogP contribution in [-0.4, -0.2) is 53.9 Å². The fourth-order valence-corrected chi connectivity index (χ4v) is 5.47. The first kappa shape index (κ1) is 22.8. The Morgan fingerprint density at radius 1 is 1.23 bits per heavy atom. The summed E-state index contributed by atoms with van der Waals surface area (Å²) in [5, 5.41) is 8.78. The van der Waals surface area contributed by atoms with Crippen LogP contribution in [0.3, 0.4) is 0 Å². The van der Waals surface area contributed by atoms with E-state index in [9.17, 15) is 4.79 Å². The molecule has 1 aliphatic heterocycles. The summed E-state index contributed by atoms with van der Waals surface area (Å²) < 4.78 is 5.44. The number of likely N-dealkylation sites (tertiary alicyclic amines) is 1. The minimum absolute atomic E-state index is 0.166. The molecule has 3 N–H and O–H groups in total. The van der Waals surface area contributed by atoms with E-state index in [1.807, 2.05) is 13.0 Å². The minimum atomic E-state index is -0.267. The van der Waals surface area contributed by atoms with E-state index in [-0.39, 0.29) is 12.7 Å². The third kappa shape index (κ3) is 5.65. The van der Waals surface area contributed by atoms with Crippen LogP contribution >= 0.6 is 21.6 Å². The molecule has 1 amide bonds. The number of carbonyl (C=O) groups excluding carboxylic acids is 1. The van der Waals surface area contributed by atoms with Crippen LogP contribution in [0.25, 0.3) is 5.57 Å². The molecule has 7 heteroatoms. The van der Waals surface area contributed by atoms with Gasteiger partial charge in [0, 0.05) is 35.9 Å². The van der Waals surface area contributed by atoms with Gasteiger partial charge in [0.1, 0.15) is 6.61 Å². The number of hydrogen-bond acceptors (Lipinski definition) is 6. The third-order valence-corrected chi connectivity index (χ3v) is 7.61. The fourth-order valence-electron chi connectivity index (χ4n) is 3.87. The molecule has 1 aromatic carbocycles. The van der Waals surface area contributed by atoms with Crippen molar-refractivity contribution in [1.29, 1.82) is 0 Å². The second-order valence-electron chi connectivity index (χ2n) is 7.23. The van der Waals surface area contributed by atoms with E-state index >= 15 is 0 Å². The van der Waals surface area contributed by atoms with Gasteiger partial charge in [-0.1, -0.05) is 58.0 Å². The molecule has 2 aliphatic rings. The van der Waals surface area contributed by atoms with Gasteiger partial charge in [-0.3, -0.25) is 0 Å². The van der Waals surface area contributed by atoms with Crippen molar-refractivity contribution in [2.45, 2.75) is 26.2 Å². The largest absolute Gasteiger partial charge is 0.448 e. The van der Waals surface area contributed by atoms with Crippen LogP contribution in [0.5, 0.6) is 0 Å². The van der Waals surface area contributed by atoms with E-state index in [1.165, 1.54) is 16.7 Å². The van der Waals surface area contributed by atoms with Crippen LogP contribution in [0.15, 0.2) is 53.3 Å². The standard InChI is InChI=1S/C23H30N2O3S2/c1-2-5-18-9-8-17-6-3-4-7-20(17)21(22(18)24)19-10-11-25(16-19)23(27)28-13-15-30-29-14-12-26/h2-7,26H,8-16,24H2,1H3/b5-2-,21-19+. The Hall–Kier alpha value is -1.83. The number of allylic oxidation sites excluding steroid dienone is 4. The molecule has 3 rings (SSSR count). The lowest BCUT2D eigenvalue weighted by Gasteiger charge is -2.17. The molecule has 1 aromatic rings. The Kier molecular flexibility index (Phi) is 8.78. The number of rotatable bonds is 7. The van der Waals surface area contributed by atoms with E-state index in [2.05, 4.69) is 30.3 Å². The maximum atomic E-state index is 12.5. The highest BCUT2D eigenvalue weighted by molar-refractivity contribution is 8.76. The number of amides is 1. The van der Waals surface area contributed by atoms with Crippen LogP contribution in [0, 0.1) is 0 Å². The Morgan fingerprint density at radius 3 is 2.83 bits per heavy atom. The lowest BCUT2D eigenvalue weighted by molar-refractivity contribution is 0.117. The number of fused-ring (bicyclic) bond motifs is 1. The van der Waals surface area contributed by atoms with Gasteiger partial charge in [-0.2, -0.15) is 0 Å². The number of aryl methyl sites for hydroxylation is 1. The molecular weight excluding hydrogens is 416 g/mol. The quantitative estimate of drug-likeness (QED) is 0.478. The van der Waals surface area contributed by atoms with Gasteiger partial charge in [0.2, 0.25) is 0 Å². The summed E-state index contributed by atoms with van der Waals surface area (Å²) in [4.78, 5) is 14.3. The number of benzene rings is 1. The van der Waals surface area contributed by atoms with Gasteiger partial charge in [-0.15, -0.1) is 0 Å². The van der Waals surface area contributed by atoms with Crippen molar-refractivity contribution in [2.24, 2.45) is 5.73 Å². The van der Waals surface area contributed by atoms with Crippen LogP contribution < -0.4 is 5.73 Å². The Morgan fingerprint density at radius 2 is 2.03 bits per heavy atom. The van der Waals surface area contributed by atoms with Crippen molar-refractivity contribution in [3.05, 3.63) is 64.4 Å². The summed E-state index contributed by atoms with van der Waals surface area (Å²) >= 11 is 0. The van der Waals surface area contributed by atoms with Gasteiger partial charge in [-0.05, 0) is 48.5 Å². The average Bonchev–Trinajstić information content (AvgIpc) is 3.19. The zero-order valence-electron chi connectivity index (χ0n) is 17.4. The Labute approximate surface area is 186 Å². The van der Waals surface area contributed by atoms with Crippen molar-refractivity contribution < 1.29 is 14.6 Å². The number of nitrogens with zero attached hydrogens (tertiary/aromatic N) is 1. The smallest absolute Gasteiger partial charge is 0.410 e. The summed E-state index contributed by atoms with van der Waals surface area (Å²) in [6.45, 7) is 3.76. The van der Waals surface area contributed by atoms with Gasteiger partial charge in [-0.25, -0.2) is 4.79 Å². The van der Waals surface area contributed by atoms with E-state index in [0.29, 0.717) is 31.2 Å². The first-order chi connectivity index (χ1) is 14.7. The highest BCUT2D eigenvalue weighted by atomic mass is 33.1. The van der Waals surface area contributed by atoms with E-state index in [4.69, 9.17) is 15.6 Å². The summed E-state index contributed by atoms with van der Waals surface area (Å²) in [5.41, 5.74) is 13.5. The number of nitrogens with two attached hydrogens (primary N) is 1. The molecule has 1 fully saturated rings. The highest BCUT2D eigenvalue weighted by Crippen LogP contribution is 2.37. The first-order valence-corrected chi connectivity index (χ1v) is 12.8. The molecule has 0 aromatic heterocycles. The summed E-state index contributed by atoms with van der Waals surface area (Å²) in [7, 11) is 3.19. The lowest BCUT2D eigenvalue weighted by Crippen LogP contribution is -2.29. The number of carbonyl (C=O) groups is 1. The van der Waals surface area contributed by atoms with Gasteiger partial charge >= 0.3 is 6.09 Å². The predicted molar refractivity (Wildman–Crippen MR) is 127 cm³/mol. The second-order valence-corrected chi connectivity index (χ2v) is 9.93. The highest BCUT2D eigenvalue weighted by Gasteiger charge is 2.28. The molecule has 0 spiro atoms. The monoisotopic (exact) mass is 446 g/mol.